The fourth-order valence-corrected chi connectivity index (χ4v) is 3.35. The zero-order chi connectivity index (χ0) is 18.6. The van der Waals surface area contributed by atoms with Crippen LogP contribution in [0.15, 0.2) is 18.2 Å². The summed E-state index contributed by atoms with van der Waals surface area (Å²) >= 11 is 18.8. The van der Waals surface area contributed by atoms with Crippen LogP contribution in [0.5, 0.6) is 0 Å². The van der Waals surface area contributed by atoms with Crippen LogP contribution in [0.1, 0.15) is 23.2 Å². The van der Waals surface area contributed by atoms with Crippen LogP contribution in [0.4, 0.5) is 10.5 Å². The summed E-state index contributed by atoms with van der Waals surface area (Å²) < 4.78 is 3.60. The molecule has 2 rings (SSSR count). The Morgan fingerprint density at radius 1 is 1.44 bits per heavy atom. The van der Waals surface area contributed by atoms with Crippen molar-refractivity contribution in [2.75, 3.05) is 24.3 Å². The first-order chi connectivity index (χ1) is 11.8. The van der Waals surface area contributed by atoms with Gasteiger partial charge < -0.3 is 14.7 Å². The first kappa shape index (κ1) is 20.8. The Morgan fingerprint density at radius 3 is 2.76 bits per heavy atom. The van der Waals surface area contributed by atoms with Crippen molar-refractivity contribution in [3.63, 3.8) is 0 Å². The molecule has 1 fully saturated rings. The van der Waals surface area contributed by atoms with Gasteiger partial charge in [0.15, 0.2) is 0 Å². The van der Waals surface area contributed by atoms with E-state index in [1.165, 1.54) is 0 Å². The van der Waals surface area contributed by atoms with E-state index in [4.69, 9.17) is 39.5 Å². The number of hydrogen-bond acceptors (Lipinski definition) is 4. The Morgan fingerprint density at radius 2 is 2.16 bits per heavy atom. The molecule has 138 valence electrons. The number of halogens is 4. The number of benzene rings is 1. The Hall–Kier alpha value is -0.480. The average molecular weight is 522 g/mol. The summed E-state index contributed by atoms with van der Waals surface area (Å²) in [6, 6.07) is 4.70. The maximum atomic E-state index is 12.6. The molecule has 2 amide bonds. The summed E-state index contributed by atoms with van der Waals surface area (Å²) in [5, 5.41) is 11.9. The van der Waals surface area contributed by atoms with Gasteiger partial charge in [-0.15, -0.1) is 11.6 Å². The highest BCUT2D eigenvalue weighted by molar-refractivity contribution is 14.1. The molecule has 0 bridgehead atoms. The highest BCUT2D eigenvalue weighted by Crippen LogP contribution is 2.27. The molecular weight excluding hydrogens is 505 g/mol. The van der Waals surface area contributed by atoms with E-state index in [2.05, 4.69) is 5.32 Å². The number of aliphatic hydroxyl groups is 1. The molecule has 1 saturated heterocycles. The number of nitrogens with zero attached hydrogens (tertiary/aromatic N) is 1. The number of carbonyl (C=O) groups is 2. The number of rotatable bonds is 5. The van der Waals surface area contributed by atoms with Crippen LogP contribution in [0.2, 0.25) is 0 Å². The van der Waals surface area contributed by atoms with Gasteiger partial charge in [0, 0.05) is 15.7 Å². The number of nitrogens with one attached hydrogen (secondary N) is 1. The molecule has 2 N–H and O–H groups in total. The molecule has 0 radical (unpaired) electrons. The number of anilines is 1. The molecule has 1 atom stereocenters. The molecule has 0 saturated carbocycles. The summed E-state index contributed by atoms with van der Waals surface area (Å²) in [7, 11) is 0. The predicted octanol–water partition coefficient (Wildman–Crippen LogP) is 3.81. The van der Waals surface area contributed by atoms with Crippen molar-refractivity contribution < 1.29 is 19.4 Å². The molecule has 25 heavy (non-hydrogen) atoms. The second-order valence-electron chi connectivity index (χ2n) is 5.46. The van der Waals surface area contributed by atoms with Crippen molar-refractivity contribution in [1.29, 1.82) is 0 Å². The summed E-state index contributed by atoms with van der Waals surface area (Å²) in [6.07, 6.45) is 0.811. The highest BCUT2D eigenvalue weighted by Gasteiger charge is 2.30. The van der Waals surface area contributed by atoms with E-state index in [9.17, 15) is 14.7 Å². The van der Waals surface area contributed by atoms with Crippen LogP contribution >= 0.6 is 57.4 Å². The lowest BCUT2D eigenvalue weighted by atomic mass is 10.1. The normalized spacial score (nSPS) is 17.5. The van der Waals surface area contributed by atoms with Gasteiger partial charge in [-0.05, 0) is 53.6 Å². The van der Waals surface area contributed by atoms with Gasteiger partial charge in [-0.3, -0.25) is 10.1 Å². The summed E-state index contributed by atoms with van der Waals surface area (Å²) in [6.45, 7) is 0.576. The number of amides is 2. The van der Waals surface area contributed by atoms with Gasteiger partial charge in [0.2, 0.25) is 0 Å². The smallest absolute Gasteiger partial charge is 0.411 e. The Bertz CT molecular complexity index is 660. The molecular formula is C15H16Cl3IN2O4. The molecule has 0 aliphatic carbocycles. The molecule has 1 unspecified atom stereocenters. The van der Waals surface area contributed by atoms with E-state index >= 15 is 0 Å². The average Bonchev–Trinajstić information content (AvgIpc) is 3.04. The van der Waals surface area contributed by atoms with E-state index < -0.39 is 10.6 Å². The third kappa shape index (κ3) is 5.50. The number of aliphatic hydroxyl groups excluding tert-OH is 1. The lowest BCUT2D eigenvalue weighted by Crippen LogP contribution is -2.37. The Balaban J connectivity index is 2.07. The molecule has 0 aromatic heterocycles. The Kier molecular flexibility index (Phi) is 7.45. The lowest BCUT2D eigenvalue weighted by molar-refractivity contribution is 0.0677. The maximum absolute atomic E-state index is 12.6. The number of carbonyl (C=O) groups excluding carboxylic acids is 2. The first-order valence-electron chi connectivity index (χ1n) is 7.42. The SMILES string of the molecule is O=C(Nc1ccc(C(=O)N2CCCC2CO)cc1I)OC(Cl)(Cl)CCl. The first-order valence-corrected chi connectivity index (χ1v) is 9.79. The number of hydrogen-bond donors (Lipinski definition) is 2. The van der Waals surface area contributed by atoms with Crippen molar-refractivity contribution in [3.8, 4) is 0 Å². The predicted molar refractivity (Wildman–Crippen MR) is 106 cm³/mol. The number of likely N-dealkylation sites (tertiary alicyclic amines) is 1. The van der Waals surface area contributed by atoms with Crippen LogP contribution in [-0.4, -0.2) is 51.6 Å². The Labute approximate surface area is 173 Å². The van der Waals surface area contributed by atoms with Crippen molar-refractivity contribution in [2.45, 2.75) is 23.4 Å². The molecule has 1 aromatic carbocycles. The minimum atomic E-state index is -1.82. The number of alkyl halides is 3. The summed E-state index contributed by atoms with van der Waals surface area (Å²) in [5.41, 5.74) is 0.925. The van der Waals surface area contributed by atoms with Gasteiger partial charge in [0.25, 0.3) is 10.4 Å². The van der Waals surface area contributed by atoms with E-state index in [1.807, 2.05) is 22.6 Å². The van der Waals surface area contributed by atoms with Crippen LogP contribution in [0.3, 0.4) is 0 Å². The van der Waals surface area contributed by atoms with Crippen molar-refractivity contribution >= 4 is 75.1 Å². The second-order valence-corrected chi connectivity index (χ2v) is 8.30. The minimum absolute atomic E-state index is 0.0481. The third-order valence-electron chi connectivity index (χ3n) is 3.70. The second kappa shape index (κ2) is 8.94. The molecule has 1 aromatic rings. The largest absolute Gasteiger partial charge is 0.414 e. The molecule has 0 spiro atoms. The van der Waals surface area contributed by atoms with Crippen molar-refractivity contribution in [2.24, 2.45) is 0 Å². The third-order valence-corrected chi connectivity index (χ3v) is 5.66. The van der Waals surface area contributed by atoms with E-state index in [0.717, 1.165) is 12.8 Å². The van der Waals surface area contributed by atoms with Crippen LogP contribution in [-0.2, 0) is 4.74 Å². The van der Waals surface area contributed by atoms with E-state index in [1.54, 1.807) is 23.1 Å². The molecule has 1 aliphatic heterocycles. The van der Waals surface area contributed by atoms with Gasteiger partial charge in [-0.2, -0.15) is 0 Å². The van der Waals surface area contributed by atoms with Crippen molar-refractivity contribution in [1.82, 2.24) is 4.90 Å². The maximum Gasteiger partial charge on any atom is 0.414 e. The fourth-order valence-electron chi connectivity index (χ4n) is 2.51. The zero-order valence-electron chi connectivity index (χ0n) is 13.0. The van der Waals surface area contributed by atoms with Gasteiger partial charge in [0.1, 0.15) is 0 Å². The summed E-state index contributed by atoms with van der Waals surface area (Å²) in [4.78, 5) is 26.0. The highest BCUT2D eigenvalue weighted by atomic mass is 127. The van der Waals surface area contributed by atoms with Gasteiger partial charge >= 0.3 is 6.09 Å². The fraction of sp³-hybridized carbons (Fsp3) is 0.467. The summed E-state index contributed by atoms with van der Waals surface area (Å²) in [5.74, 6) is -0.429. The quantitative estimate of drug-likeness (QED) is 0.457. The van der Waals surface area contributed by atoms with Crippen molar-refractivity contribution in [3.05, 3.63) is 27.3 Å². The molecule has 1 aliphatic rings. The van der Waals surface area contributed by atoms with E-state index in [-0.39, 0.29) is 24.4 Å². The minimum Gasteiger partial charge on any atom is -0.411 e. The standard InChI is InChI=1S/C15H16Cl3IN2O4/c16-8-15(17,18)25-14(24)20-12-4-3-9(6-11(12)19)13(23)21-5-1-2-10(21)7-22/h3-4,6,10,22H,1-2,5,7-8H2,(H,20,24). The molecule has 10 heteroatoms. The lowest BCUT2D eigenvalue weighted by Gasteiger charge is -2.23. The van der Waals surface area contributed by atoms with E-state index in [0.29, 0.717) is 21.4 Å². The van der Waals surface area contributed by atoms with Gasteiger partial charge in [-0.1, -0.05) is 23.2 Å². The van der Waals surface area contributed by atoms with Crippen LogP contribution in [0.25, 0.3) is 0 Å². The van der Waals surface area contributed by atoms with Gasteiger partial charge in [-0.25, -0.2) is 4.79 Å². The van der Waals surface area contributed by atoms with Gasteiger partial charge in [0.05, 0.1) is 24.2 Å². The molecule has 6 nitrogen and oxygen atoms in total. The van der Waals surface area contributed by atoms with Crippen LogP contribution < -0.4 is 5.32 Å². The van der Waals surface area contributed by atoms with Crippen LogP contribution in [0, 0.1) is 3.57 Å². The number of ether oxygens (including phenoxy) is 1. The molecule has 1 heterocycles. The monoisotopic (exact) mass is 520 g/mol. The zero-order valence-corrected chi connectivity index (χ0v) is 17.4. The topological polar surface area (TPSA) is 78.9 Å².